The Morgan fingerprint density at radius 2 is 1.84 bits per heavy atom. The summed E-state index contributed by atoms with van der Waals surface area (Å²) in [5.41, 5.74) is 1.92. The fourth-order valence-corrected chi connectivity index (χ4v) is 3.12. The summed E-state index contributed by atoms with van der Waals surface area (Å²) in [6, 6.07) is 8.14. The number of aromatic nitrogens is 2. The van der Waals surface area contributed by atoms with Crippen LogP contribution in [0.2, 0.25) is 0 Å². The van der Waals surface area contributed by atoms with Crippen molar-refractivity contribution in [2.45, 2.75) is 39.0 Å². The Kier molecular flexibility index (Phi) is 5.74. The quantitative estimate of drug-likeness (QED) is 0.836. The molecule has 6 heteroatoms. The van der Waals surface area contributed by atoms with Crippen molar-refractivity contribution >= 4 is 11.0 Å². The molecule has 0 spiro atoms. The molecule has 1 aromatic carbocycles. The number of nitrogens with one attached hydrogen (secondary N) is 1. The van der Waals surface area contributed by atoms with Crippen molar-refractivity contribution in [3.8, 4) is 0 Å². The first-order valence-corrected chi connectivity index (χ1v) is 9.09. The zero-order chi connectivity index (χ0) is 17.9. The number of hydrogen-bond acceptors (Lipinski definition) is 5. The Hall–Kier alpha value is -1.47. The minimum absolute atomic E-state index is 0.202. The Labute approximate surface area is 149 Å². The van der Waals surface area contributed by atoms with E-state index in [1.54, 1.807) is 0 Å². The fraction of sp³-hybridized carbons (Fsp3) is 0.632. The van der Waals surface area contributed by atoms with Gasteiger partial charge in [0.2, 0.25) is 0 Å². The van der Waals surface area contributed by atoms with Gasteiger partial charge in [-0.25, -0.2) is 4.98 Å². The third-order valence-corrected chi connectivity index (χ3v) is 4.45. The number of piperazine rings is 1. The molecular formula is C19H30N4O2. The summed E-state index contributed by atoms with van der Waals surface area (Å²) in [4.78, 5) is 12.8. The Morgan fingerprint density at radius 3 is 2.52 bits per heavy atom. The van der Waals surface area contributed by atoms with Gasteiger partial charge in [-0.15, -0.1) is 0 Å². The second-order valence-electron chi connectivity index (χ2n) is 7.85. The molecule has 1 saturated heterocycles. The molecule has 25 heavy (non-hydrogen) atoms. The van der Waals surface area contributed by atoms with Crippen molar-refractivity contribution in [3.63, 3.8) is 0 Å². The zero-order valence-corrected chi connectivity index (χ0v) is 15.5. The van der Waals surface area contributed by atoms with Crippen molar-refractivity contribution in [3.05, 3.63) is 30.1 Å². The number of hydrogen-bond donors (Lipinski definition) is 2. The van der Waals surface area contributed by atoms with E-state index in [4.69, 9.17) is 4.74 Å². The molecule has 0 aliphatic carbocycles. The summed E-state index contributed by atoms with van der Waals surface area (Å²) in [6.07, 6.45) is -0.429. The van der Waals surface area contributed by atoms with Crippen molar-refractivity contribution in [2.24, 2.45) is 0 Å². The molecular weight excluding hydrogens is 316 g/mol. The summed E-state index contributed by atoms with van der Waals surface area (Å²) < 4.78 is 5.66. The molecule has 0 saturated carbocycles. The molecule has 6 nitrogen and oxygen atoms in total. The predicted molar refractivity (Wildman–Crippen MR) is 99.5 cm³/mol. The van der Waals surface area contributed by atoms with Gasteiger partial charge in [-0.2, -0.15) is 0 Å². The Balaban J connectivity index is 1.42. The maximum absolute atomic E-state index is 10.2. The number of benzene rings is 1. The lowest BCUT2D eigenvalue weighted by molar-refractivity contribution is -0.0587. The van der Waals surface area contributed by atoms with Crippen LogP contribution < -0.4 is 0 Å². The van der Waals surface area contributed by atoms with E-state index < -0.39 is 6.10 Å². The molecule has 138 valence electrons. The summed E-state index contributed by atoms with van der Waals surface area (Å²) in [5.74, 6) is 1.02. The maximum Gasteiger partial charge on any atom is 0.121 e. The van der Waals surface area contributed by atoms with Crippen LogP contribution in [0.3, 0.4) is 0 Å². The van der Waals surface area contributed by atoms with E-state index in [1.165, 1.54) is 0 Å². The number of para-hydroxylation sites is 2. The third kappa shape index (κ3) is 5.51. The summed E-state index contributed by atoms with van der Waals surface area (Å²) in [5, 5.41) is 10.2. The number of rotatable bonds is 6. The Morgan fingerprint density at radius 1 is 1.16 bits per heavy atom. The molecule has 1 aliphatic heterocycles. The molecule has 3 rings (SSSR count). The topological polar surface area (TPSA) is 64.6 Å². The van der Waals surface area contributed by atoms with Crippen LogP contribution in [0, 0.1) is 0 Å². The monoisotopic (exact) mass is 346 g/mol. The van der Waals surface area contributed by atoms with Crippen LogP contribution in [0.4, 0.5) is 0 Å². The number of imidazole rings is 1. The molecule has 0 bridgehead atoms. The number of H-pyrrole nitrogens is 1. The number of nitrogens with zero attached hydrogens (tertiary/aromatic N) is 3. The average Bonchev–Trinajstić information content (AvgIpc) is 2.96. The highest BCUT2D eigenvalue weighted by molar-refractivity contribution is 5.74. The van der Waals surface area contributed by atoms with Gasteiger partial charge in [0.1, 0.15) is 5.82 Å². The van der Waals surface area contributed by atoms with E-state index in [9.17, 15) is 5.11 Å². The highest BCUT2D eigenvalue weighted by Gasteiger charge is 2.21. The number of aliphatic hydroxyl groups is 1. The highest BCUT2D eigenvalue weighted by atomic mass is 16.5. The van der Waals surface area contributed by atoms with Gasteiger partial charge < -0.3 is 14.8 Å². The number of fused-ring (bicyclic) bond motifs is 1. The van der Waals surface area contributed by atoms with E-state index in [0.29, 0.717) is 13.2 Å². The number of ether oxygens (including phenoxy) is 1. The highest BCUT2D eigenvalue weighted by Crippen LogP contribution is 2.13. The smallest absolute Gasteiger partial charge is 0.121 e. The van der Waals surface area contributed by atoms with Crippen LogP contribution in [0.15, 0.2) is 24.3 Å². The summed E-state index contributed by atoms with van der Waals surface area (Å²) >= 11 is 0. The van der Waals surface area contributed by atoms with Gasteiger partial charge in [0.05, 0.1) is 35.9 Å². The van der Waals surface area contributed by atoms with Gasteiger partial charge in [-0.3, -0.25) is 9.80 Å². The predicted octanol–water partition coefficient (Wildman–Crippen LogP) is 1.86. The SMILES string of the molecule is CC(C)(C)OCC(O)CN1CCN(Cc2nc3ccccc3[nH]2)CC1. The largest absolute Gasteiger partial charge is 0.389 e. The van der Waals surface area contributed by atoms with Crippen LogP contribution in [0.5, 0.6) is 0 Å². The van der Waals surface area contributed by atoms with Gasteiger partial charge in [0.15, 0.2) is 0 Å². The molecule has 1 aromatic heterocycles. The standard InChI is InChI=1S/C19H30N4O2/c1-19(2,3)25-14-15(24)12-22-8-10-23(11-9-22)13-18-20-16-6-4-5-7-17(16)21-18/h4-7,15,24H,8-14H2,1-3H3,(H,20,21). The van der Waals surface area contributed by atoms with E-state index in [0.717, 1.165) is 49.6 Å². The molecule has 2 N–H and O–H groups in total. The van der Waals surface area contributed by atoms with Crippen LogP contribution in [0.25, 0.3) is 11.0 Å². The molecule has 1 fully saturated rings. The maximum atomic E-state index is 10.2. The second kappa shape index (κ2) is 7.83. The molecule has 1 atom stereocenters. The van der Waals surface area contributed by atoms with Crippen LogP contribution in [-0.4, -0.2) is 75.9 Å². The first-order chi connectivity index (χ1) is 11.9. The molecule has 2 aromatic rings. The van der Waals surface area contributed by atoms with Crippen LogP contribution >= 0.6 is 0 Å². The van der Waals surface area contributed by atoms with Gasteiger partial charge in [0, 0.05) is 32.7 Å². The van der Waals surface area contributed by atoms with Crippen molar-refractivity contribution in [1.29, 1.82) is 0 Å². The van der Waals surface area contributed by atoms with Gasteiger partial charge in [-0.05, 0) is 32.9 Å². The van der Waals surface area contributed by atoms with E-state index in [-0.39, 0.29) is 5.60 Å². The molecule has 0 amide bonds. The third-order valence-electron chi connectivity index (χ3n) is 4.45. The second-order valence-corrected chi connectivity index (χ2v) is 7.85. The van der Waals surface area contributed by atoms with E-state index >= 15 is 0 Å². The normalized spacial score (nSPS) is 18.7. The van der Waals surface area contributed by atoms with Gasteiger partial charge in [0.25, 0.3) is 0 Å². The molecule has 1 aliphatic rings. The molecule has 2 heterocycles. The summed E-state index contributed by atoms with van der Waals surface area (Å²) in [7, 11) is 0. The lowest BCUT2D eigenvalue weighted by Gasteiger charge is -2.35. The number of aromatic amines is 1. The van der Waals surface area contributed by atoms with Crippen molar-refractivity contribution in [2.75, 3.05) is 39.3 Å². The van der Waals surface area contributed by atoms with Gasteiger partial charge >= 0.3 is 0 Å². The average molecular weight is 346 g/mol. The Bertz CT molecular complexity index is 638. The van der Waals surface area contributed by atoms with Crippen molar-refractivity contribution < 1.29 is 9.84 Å². The summed E-state index contributed by atoms with van der Waals surface area (Å²) in [6.45, 7) is 11.9. The van der Waals surface area contributed by atoms with Crippen LogP contribution in [-0.2, 0) is 11.3 Å². The first kappa shape index (κ1) is 18.3. The fourth-order valence-electron chi connectivity index (χ4n) is 3.12. The minimum atomic E-state index is -0.429. The van der Waals surface area contributed by atoms with E-state index in [2.05, 4.69) is 25.8 Å². The molecule has 1 unspecified atom stereocenters. The van der Waals surface area contributed by atoms with Crippen LogP contribution in [0.1, 0.15) is 26.6 Å². The van der Waals surface area contributed by atoms with Gasteiger partial charge in [-0.1, -0.05) is 12.1 Å². The number of β-amino-alcohol motifs (C(OH)–C–C–N with tert-alkyl or cyclic N) is 1. The lowest BCUT2D eigenvalue weighted by Crippen LogP contribution is -2.49. The number of aliphatic hydroxyl groups excluding tert-OH is 1. The zero-order valence-electron chi connectivity index (χ0n) is 15.5. The van der Waals surface area contributed by atoms with Crippen molar-refractivity contribution in [1.82, 2.24) is 19.8 Å². The first-order valence-electron chi connectivity index (χ1n) is 9.09. The lowest BCUT2D eigenvalue weighted by atomic mass is 10.2. The minimum Gasteiger partial charge on any atom is -0.389 e. The van der Waals surface area contributed by atoms with E-state index in [1.807, 2.05) is 39.0 Å². The molecule has 0 radical (unpaired) electrons.